The molecule has 0 bridgehead atoms. The van der Waals surface area contributed by atoms with Crippen LogP contribution >= 0.6 is 11.3 Å². The third kappa shape index (κ3) is 3.87. The first-order chi connectivity index (χ1) is 9.49. The molecule has 2 rings (SSSR count). The Morgan fingerprint density at radius 1 is 1.38 bits per heavy atom. The summed E-state index contributed by atoms with van der Waals surface area (Å²) in [5, 5.41) is 9.39. The number of hydrogen-bond acceptors (Lipinski definition) is 4. The molecule has 1 N–H and O–H groups in total. The molecule has 118 valence electrons. The Morgan fingerprint density at radius 2 is 1.95 bits per heavy atom. The fourth-order valence-corrected chi connectivity index (χ4v) is 3.20. The Morgan fingerprint density at radius 3 is 2.29 bits per heavy atom. The highest BCUT2D eigenvalue weighted by atomic mass is 32.1. The molecule has 1 aromatic rings. The van der Waals surface area contributed by atoms with Gasteiger partial charge in [-0.25, -0.2) is 9.78 Å². The zero-order valence-corrected chi connectivity index (χ0v) is 12.8. The molecule has 0 amide bonds. The van der Waals surface area contributed by atoms with Crippen molar-refractivity contribution in [1.82, 2.24) is 4.98 Å². The van der Waals surface area contributed by atoms with Crippen LogP contribution in [0.25, 0.3) is 0 Å². The molecule has 1 fully saturated rings. The molecule has 0 spiro atoms. The van der Waals surface area contributed by atoms with E-state index in [4.69, 9.17) is 0 Å². The smallest absolute Gasteiger partial charge is 0.406 e. The van der Waals surface area contributed by atoms with Gasteiger partial charge in [-0.15, -0.1) is 0 Å². The highest BCUT2D eigenvalue weighted by Gasteiger charge is 2.40. The van der Waals surface area contributed by atoms with Crippen molar-refractivity contribution < 1.29 is 23.1 Å². The summed E-state index contributed by atoms with van der Waals surface area (Å²) in [7, 11) is 0. The Labute approximate surface area is 124 Å². The van der Waals surface area contributed by atoms with Crippen LogP contribution in [-0.2, 0) is 5.41 Å². The molecule has 0 radical (unpaired) electrons. The normalized spacial score (nSPS) is 16.1. The number of thiazole rings is 1. The van der Waals surface area contributed by atoms with Gasteiger partial charge in [-0.2, -0.15) is 13.2 Å². The van der Waals surface area contributed by atoms with Gasteiger partial charge in [0.25, 0.3) is 0 Å². The minimum absolute atomic E-state index is 0.0188. The highest BCUT2D eigenvalue weighted by molar-refractivity contribution is 7.17. The molecule has 0 unspecified atom stereocenters. The molecule has 0 saturated heterocycles. The maximum Gasteiger partial charge on any atom is 0.406 e. The summed E-state index contributed by atoms with van der Waals surface area (Å²) < 4.78 is 38.1. The SMILES string of the molecule is CC(C)(C)c1nc(N(CC(F)(F)F)C2CC2)sc1C(=O)O. The number of alkyl halides is 3. The Bertz CT molecular complexity index is 545. The second-order valence-electron chi connectivity index (χ2n) is 6.20. The van der Waals surface area contributed by atoms with E-state index >= 15 is 0 Å². The summed E-state index contributed by atoms with van der Waals surface area (Å²) >= 11 is 0.827. The fraction of sp³-hybridized carbons (Fsp3) is 0.692. The molecular formula is C13H17F3N2O2S. The second kappa shape index (κ2) is 5.15. The number of rotatable bonds is 4. The average Bonchev–Trinajstić information content (AvgIpc) is 3.00. The monoisotopic (exact) mass is 322 g/mol. The summed E-state index contributed by atoms with van der Waals surface area (Å²) in [5.74, 6) is -1.15. The number of anilines is 1. The lowest BCUT2D eigenvalue weighted by Crippen LogP contribution is -2.36. The Balaban J connectivity index is 2.40. The van der Waals surface area contributed by atoms with Crippen molar-refractivity contribution >= 4 is 22.4 Å². The quantitative estimate of drug-likeness (QED) is 0.919. The Kier molecular flexibility index (Phi) is 3.94. The van der Waals surface area contributed by atoms with E-state index in [9.17, 15) is 23.1 Å². The fourth-order valence-electron chi connectivity index (χ4n) is 2.02. The van der Waals surface area contributed by atoms with E-state index in [1.807, 2.05) is 0 Å². The molecule has 8 heteroatoms. The van der Waals surface area contributed by atoms with Crippen LogP contribution in [0.3, 0.4) is 0 Å². The molecule has 1 aliphatic rings. The van der Waals surface area contributed by atoms with Crippen LogP contribution in [0.4, 0.5) is 18.3 Å². The third-order valence-corrected chi connectivity index (χ3v) is 4.18. The minimum Gasteiger partial charge on any atom is -0.477 e. The first-order valence-electron chi connectivity index (χ1n) is 6.57. The lowest BCUT2D eigenvalue weighted by molar-refractivity contribution is -0.120. The predicted octanol–water partition coefficient (Wildman–Crippen LogP) is 3.67. The molecule has 0 aromatic carbocycles. The van der Waals surface area contributed by atoms with E-state index < -0.39 is 24.1 Å². The van der Waals surface area contributed by atoms with Gasteiger partial charge in [0, 0.05) is 11.5 Å². The van der Waals surface area contributed by atoms with E-state index in [0.717, 1.165) is 11.3 Å². The van der Waals surface area contributed by atoms with Gasteiger partial charge >= 0.3 is 12.1 Å². The van der Waals surface area contributed by atoms with Gasteiger partial charge in [0.2, 0.25) is 0 Å². The number of nitrogens with zero attached hydrogens (tertiary/aromatic N) is 2. The van der Waals surface area contributed by atoms with Crippen LogP contribution in [0.15, 0.2) is 0 Å². The first kappa shape index (κ1) is 16.1. The number of carboxylic acids is 1. The third-order valence-electron chi connectivity index (χ3n) is 3.10. The summed E-state index contributed by atoms with van der Waals surface area (Å²) in [5.41, 5.74) is -0.196. The maximum absolute atomic E-state index is 12.7. The van der Waals surface area contributed by atoms with Gasteiger partial charge < -0.3 is 10.0 Å². The van der Waals surface area contributed by atoms with E-state index in [0.29, 0.717) is 18.5 Å². The van der Waals surface area contributed by atoms with E-state index in [2.05, 4.69) is 4.98 Å². The largest absolute Gasteiger partial charge is 0.477 e. The van der Waals surface area contributed by atoms with Crippen LogP contribution in [0.5, 0.6) is 0 Å². The number of carbonyl (C=O) groups is 1. The molecule has 4 nitrogen and oxygen atoms in total. The van der Waals surface area contributed by atoms with Gasteiger partial charge in [-0.1, -0.05) is 32.1 Å². The van der Waals surface area contributed by atoms with Crippen molar-refractivity contribution in [3.63, 3.8) is 0 Å². The second-order valence-corrected chi connectivity index (χ2v) is 7.18. The van der Waals surface area contributed by atoms with Crippen molar-refractivity contribution in [2.45, 2.75) is 51.2 Å². The van der Waals surface area contributed by atoms with Gasteiger partial charge in [0.05, 0.1) is 5.69 Å². The lowest BCUT2D eigenvalue weighted by Gasteiger charge is -2.23. The van der Waals surface area contributed by atoms with E-state index in [1.54, 1.807) is 20.8 Å². The Hall–Kier alpha value is -1.31. The predicted molar refractivity (Wildman–Crippen MR) is 74.2 cm³/mol. The molecule has 1 saturated carbocycles. The molecule has 1 heterocycles. The van der Waals surface area contributed by atoms with Crippen LogP contribution in [0.2, 0.25) is 0 Å². The molecule has 0 atom stereocenters. The summed E-state index contributed by atoms with van der Waals surface area (Å²) in [6, 6.07) is -0.188. The molecule has 1 aliphatic carbocycles. The standard InChI is InChI=1S/C13H17F3N2O2S/c1-12(2,3)9-8(10(19)20)21-11(17-9)18(7-4-5-7)6-13(14,15)16/h7H,4-6H2,1-3H3,(H,19,20). The molecular weight excluding hydrogens is 305 g/mol. The van der Waals surface area contributed by atoms with Gasteiger partial charge in [-0.3, -0.25) is 0 Å². The summed E-state index contributed by atoms with van der Waals surface area (Å²) in [4.78, 5) is 16.7. The van der Waals surface area contributed by atoms with E-state index in [-0.39, 0.29) is 16.1 Å². The van der Waals surface area contributed by atoms with Crippen molar-refractivity contribution in [3.8, 4) is 0 Å². The molecule has 21 heavy (non-hydrogen) atoms. The minimum atomic E-state index is -4.33. The summed E-state index contributed by atoms with van der Waals surface area (Å²) in [6.45, 7) is 4.30. The molecule has 1 aromatic heterocycles. The lowest BCUT2D eigenvalue weighted by atomic mass is 9.91. The maximum atomic E-state index is 12.7. The number of aromatic carboxylic acids is 1. The van der Waals surface area contributed by atoms with Crippen LogP contribution in [0, 0.1) is 0 Å². The van der Waals surface area contributed by atoms with Gasteiger partial charge in [-0.05, 0) is 12.8 Å². The van der Waals surface area contributed by atoms with Crippen LogP contribution in [0.1, 0.15) is 49.0 Å². The number of halogens is 3. The van der Waals surface area contributed by atoms with Gasteiger partial charge in [0.15, 0.2) is 5.13 Å². The van der Waals surface area contributed by atoms with Crippen molar-refractivity contribution in [3.05, 3.63) is 10.6 Å². The number of aromatic nitrogens is 1. The van der Waals surface area contributed by atoms with E-state index in [1.165, 1.54) is 4.90 Å². The highest BCUT2D eigenvalue weighted by Crippen LogP contribution is 2.39. The summed E-state index contributed by atoms with van der Waals surface area (Å²) in [6.07, 6.45) is -2.97. The van der Waals surface area contributed by atoms with Gasteiger partial charge in [0.1, 0.15) is 11.4 Å². The van der Waals surface area contributed by atoms with Crippen molar-refractivity contribution in [2.24, 2.45) is 0 Å². The number of hydrogen-bond donors (Lipinski definition) is 1. The zero-order chi connectivity index (χ0) is 16.0. The van der Waals surface area contributed by atoms with Crippen molar-refractivity contribution in [1.29, 1.82) is 0 Å². The van der Waals surface area contributed by atoms with Crippen molar-refractivity contribution in [2.75, 3.05) is 11.4 Å². The van der Waals surface area contributed by atoms with Crippen LogP contribution in [-0.4, -0.2) is 34.8 Å². The number of carboxylic acid groups (broad SMARTS) is 1. The van der Waals surface area contributed by atoms with Crippen LogP contribution < -0.4 is 4.90 Å². The molecule has 0 aliphatic heterocycles. The average molecular weight is 322 g/mol. The zero-order valence-electron chi connectivity index (χ0n) is 12.0. The topological polar surface area (TPSA) is 53.4 Å². The first-order valence-corrected chi connectivity index (χ1v) is 7.38.